The lowest BCUT2D eigenvalue weighted by molar-refractivity contribution is -0.115. The number of amides is 1. The van der Waals surface area contributed by atoms with Gasteiger partial charge in [-0.2, -0.15) is 5.26 Å². The lowest BCUT2D eigenvalue weighted by Crippen LogP contribution is -2.22. The molecule has 2 aromatic carbocycles. The highest BCUT2D eigenvalue weighted by Crippen LogP contribution is 2.30. The molecule has 0 aliphatic rings. The van der Waals surface area contributed by atoms with Gasteiger partial charge in [-0.3, -0.25) is 4.79 Å². The first-order valence-corrected chi connectivity index (χ1v) is 11.9. The summed E-state index contributed by atoms with van der Waals surface area (Å²) >= 11 is 2.62. The molecule has 0 saturated heterocycles. The predicted molar refractivity (Wildman–Crippen MR) is 132 cm³/mol. The van der Waals surface area contributed by atoms with Crippen LogP contribution in [0.3, 0.4) is 0 Å². The van der Waals surface area contributed by atoms with Crippen LogP contribution in [0.15, 0.2) is 77.1 Å². The first-order chi connectivity index (χ1) is 16.1. The molecule has 2 aromatic heterocycles. The van der Waals surface area contributed by atoms with Crippen molar-refractivity contribution < 1.29 is 9.53 Å². The highest BCUT2D eigenvalue weighted by molar-refractivity contribution is 8.00. The zero-order valence-electron chi connectivity index (χ0n) is 18.0. The van der Waals surface area contributed by atoms with Crippen molar-refractivity contribution in [3.63, 3.8) is 0 Å². The van der Waals surface area contributed by atoms with E-state index in [0.717, 1.165) is 28.3 Å². The smallest absolute Gasteiger partial charge is 0.239 e. The largest absolute Gasteiger partial charge is 0.497 e. The highest BCUT2D eigenvalue weighted by atomic mass is 32.2. The summed E-state index contributed by atoms with van der Waals surface area (Å²) in [7, 11) is 1.62. The van der Waals surface area contributed by atoms with E-state index in [1.54, 1.807) is 26.2 Å². The van der Waals surface area contributed by atoms with Crippen molar-refractivity contribution in [3.05, 3.63) is 77.7 Å². The third kappa shape index (κ3) is 5.40. The van der Waals surface area contributed by atoms with Crippen LogP contribution in [0.1, 0.15) is 12.5 Å². The standard InChI is InChI=1S/C25H20N4O2S2/c1-16(23(30)29-25-28-22(15-32-25)17-6-4-3-5-7-17)33-24-19(14-26)10-13-21(27-24)18-8-11-20(31-2)12-9-18/h3-13,15-16H,1-2H3,(H,28,29,30). The van der Waals surface area contributed by atoms with Crippen LogP contribution in [0.2, 0.25) is 0 Å². The van der Waals surface area contributed by atoms with E-state index < -0.39 is 5.25 Å². The number of thiazole rings is 1. The number of carbonyl (C=O) groups excluding carboxylic acids is 1. The number of benzene rings is 2. The molecule has 0 bridgehead atoms. The molecular formula is C25H20N4O2S2. The Labute approximate surface area is 200 Å². The Morgan fingerprint density at radius 3 is 2.45 bits per heavy atom. The molecule has 8 heteroatoms. The Hall–Kier alpha value is -3.67. The van der Waals surface area contributed by atoms with Crippen LogP contribution in [0.4, 0.5) is 5.13 Å². The summed E-state index contributed by atoms with van der Waals surface area (Å²) in [6.07, 6.45) is 0. The van der Waals surface area contributed by atoms with Crippen molar-refractivity contribution in [2.45, 2.75) is 17.2 Å². The first-order valence-electron chi connectivity index (χ1n) is 10.1. The Bertz CT molecular complexity index is 1300. The number of hydrogen-bond acceptors (Lipinski definition) is 7. The number of nitrogens with zero attached hydrogens (tertiary/aromatic N) is 3. The second kappa shape index (κ2) is 10.3. The zero-order chi connectivity index (χ0) is 23.2. The van der Waals surface area contributed by atoms with Crippen molar-refractivity contribution >= 4 is 34.1 Å². The second-order valence-corrected chi connectivity index (χ2v) is 9.23. The van der Waals surface area contributed by atoms with Crippen LogP contribution in [0, 0.1) is 11.3 Å². The Morgan fingerprint density at radius 1 is 1.03 bits per heavy atom. The SMILES string of the molecule is COc1ccc(-c2ccc(C#N)c(SC(C)C(=O)Nc3nc(-c4ccccc4)cs3)n2)cc1. The van der Waals surface area contributed by atoms with E-state index in [1.165, 1.54) is 23.1 Å². The molecule has 33 heavy (non-hydrogen) atoms. The van der Waals surface area contributed by atoms with Gasteiger partial charge in [-0.25, -0.2) is 9.97 Å². The summed E-state index contributed by atoms with van der Waals surface area (Å²) in [4.78, 5) is 22.0. The number of nitriles is 1. The van der Waals surface area contributed by atoms with E-state index in [-0.39, 0.29) is 5.91 Å². The summed E-state index contributed by atoms with van der Waals surface area (Å²) in [6.45, 7) is 1.79. The van der Waals surface area contributed by atoms with Gasteiger partial charge in [0.1, 0.15) is 16.8 Å². The summed E-state index contributed by atoms with van der Waals surface area (Å²) in [5.41, 5.74) is 3.86. The first kappa shape index (κ1) is 22.5. The van der Waals surface area contributed by atoms with Crippen molar-refractivity contribution in [2.24, 2.45) is 0 Å². The van der Waals surface area contributed by atoms with Gasteiger partial charge >= 0.3 is 0 Å². The molecule has 4 rings (SSSR count). The maximum Gasteiger partial charge on any atom is 0.239 e. The number of ether oxygens (including phenoxy) is 1. The van der Waals surface area contributed by atoms with Gasteiger partial charge in [-0.15, -0.1) is 11.3 Å². The number of methoxy groups -OCH3 is 1. The van der Waals surface area contributed by atoms with Crippen LogP contribution >= 0.6 is 23.1 Å². The quantitative estimate of drug-likeness (QED) is 0.338. The fourth-order valence-electron chi connectivity index (χ4n) is 3.04. The molecule has 164 valence electrons. The average Bonchev–Trinajstić information content (AvgIpc) is 3.33. The highest BCUT2D eigenvalue weighted by Gasteiger charge is 2.19. The minimum atomic E-state index is -0.472. The topological polar surface area (TPSA) is 87.9 Å². The van der Waals surface area contributed by atoms with Crippen LogP contribution in [-0.2, 0) is 4.79 Å². The normalized spacial score (nSPS) is 11.4. The minimum absolute atomic E-state index is 0.200. The Kier molecular flexibility index (Phi) is 7.03. The fraction of sp³-hybridized carbons (Fsp3) is 0.120. The van der Waals surface area contributed by atoms with Crippen LogP contribution in [0.5, 0.6) is 5.75 Å². The number of thioether (sulfide) groups is 1. The van der Waals surface area contributed by atoms with Crippen LogP contribution < -0.4 is 10.1 Å². The molecule has 0 aliphatic heterocycles. The fourth-order valence-corrected chi connectivity index (χ4v) is 4.65. The predicted octanol–water partition coefficient (Wildman–Crippen LogP) is 5.87. The molecule has 0 saturated carbocycles. The summed E-state index contributed by atoms with van der Waals surface area (Å²) < 4.78 is 5.20. The molecule has 2 heterocycles. The van der Waals surface area contributed by atoms with Gasteiger partial charge in [0.25, 0.3) is 0 Å². The van der Waals surface area contributed by atoms with Crippen molar-refractivity contribution in [2.75, 3.05) is 12.4 Å². The van der Waals surface area contributed by atoms with Gasteiger partial charge in [-0.05, 0) is 43.3 Å². The van der Waals surface area contributed by atoms with Gasteiger partial charge in [-0.1, -0.05) is 42.1 Å². The van der Waals surface area contributed by atoms with Crippen LogP contribution in [0.25, 0.3) is 22.5 Å². The number of anilines is 1. The summed E-state index contributed by atoms with van der Waals surface area (Å²) in [5, 5.41) is 14.9. The monoisotopic (exact) mass is 472 g/mol. The van der Waals surface area contributed by atoms with E-state index in [9.17, 15) is 10.1 Å². The van der Waals surface area contributed by atoms with Crippen molar-refractivity contribution in [1.29, 1.82) is 5.26 Å². The van der Waals surface area contributed by atoms with Crippen LogP contribution in [-0.4, -0.2) is 28.2 Å². The molecule has 1 N–H and O–H groups in total. The van der Waals surface area contributed by atoms with Gasteiger partial charge < -0.3 is 10.1 Å². The lowest BCUT2D eigenvalue weighted by atomic mass is 10.1. The van der Waals surface area contributed by atoms with Gasteiger partial charge in [0.2, 0.25) is 5.91 Å². The van der Waals surface area contributed by atoms with Crippen molar-refractivity contribution in [1.82, 2.24) is 9.97 Å². The second-order valence-electron chi connectivity index (χ2n) is 7.04. The van der Waals surface area contributed by atoms with E-state index in [0.29, 0.717) is 15.7 Å². The molecule has 4 aromatic rings. The molecule has 0 spiro atoms. The Balaban J connectivity index is 1.48. The molecule has 1 unspecified atom stereocenters. The van der Waals surface area contributed by atoms with E-state index in [4.69, 9.17) is 4.74 Å². The maximum absolute atomic E-state index is 12.8. The van der Waals surface area contributed by atoms with E-state index in [1.807, 2.05) is 60.0 Å². The molecule has 1 atom stereocenters. The molecule has 1 amide bonds. The molecular weight excluding hydrogens is 452 g/mol. The molecule has 0 aliphatic carbocycles. The molecule has 0 radical (unpaired) electrons. The zero-order valence-corrected chi connectivity index (χ0v) is 19.6. The van der Waals surface area contributed by atoms with Gasteiger partial charge in [0.05, 0.1) is 29.3 Å². The number of nitrogens with one attached hydrogen (secondary N) is 1. The number of pyridine rings is 1. The summed E-state index contributed by atoms with van der Waals surface area (Å²) in [6, 6.07) is 23.0. The van der Waals surface area contributed by atoms with Crippen molar-refractivity contribution in [3.8, 4) is 34.3 Å². The number of rotatable bonds is 7. The van der Waals surface area contributed by atoms with E-state index >= 15 is 0 Å². The maximum atomic E-state index is 12.8. The molecule has 6 nitrogen and oxygen atoms in total. The number of hydrogen-bond donors (Lipinski definition) is 1. The van der Waals surface area contributed by atoms with Gasteiger partial charge in [0, 0.05) is 16.5 Å². The minimum Gasteiger partial charge on any atom is -0.497 e. The summed E-state index contributed by atoms with van der Waals surface area (Å²) in [5.74, 6) is 0.555. The van der Waals surface area contributed by atoms with E-state index in [2.05, 4.69) is 21.4 Å². The molecule has 0 fully saturated rings. The van der Waals surface area contributed by atoms with Gasteiger partial charge in [0.15, 0.2) is 5.13 Å². The third-order valence-corrected chi connectivity index (χ3v) is 6.69. The third-order valence-electron chi connectivity index (χ3n) is 4.83. The lowest BCUT2D eigenvalue weighted by Gasteiger charge is -2.12. The number of aromatic nitrogens is 2. The average molecular weight is 473 g/mol. The number of carbonyl (C=O) groups is 1. The Morgan fingerprint density at radius 2 is 1.76 bits per heavy atom.